The van der Waals surface area contributed by atoms with Gasteiger partial charge >= 0.3 is 0 Å². The molecule has 0 aliphatic heterocycles. The molecule has 0 bridgehead atoms. The molecule has 0 amide bonds. The SMILES string of the molecule is Cc1ccc(-c2cn([C@H]3C[C@@H](CO)C[C@@H]3I)nn2)cc1. The summed E-state index contributed by atoms with van der Waals surface area (Å²) >= 11 is 2.46. The molecule has 0 radical (unpaired) electrons. The third-order valence-electron chi connectivity index (χ3n) is 4.01. The number of hydrogen-bond donors (Lipinski definition) is 1. The van der Waals surface area contributed by atoms with E-state index in [-0.39, 0.29) is 6.61 Å². The van der Waals surface area contributed by atoms with E-state index in [2.05, 4.69) is 64.1 Å². The van der Waals surface area contributed by atoms with Gasteiger partial charge in [-0.05, 0) is 25.7 Å². The molecular formula is C15H18IN3O. The third kappa shape index (κ3) is 2.74. The van der Waals surface area contributed by atoms with Crippen LogP contribution in [0.15, 0.2) is 30.5 Å². The standard InChI is InChI=1S/C15H18IN3O/c1-10-2-4-12(5-3-10)14-8-19(18-17-14)15-7-11(9-20)6-13(15)16/h2-5,8,11,13,15,20H,6-7,9H2,1H3/t11-,13-,15-/m0/s1. The van der Waals surface area contributed by atoms with Crippen LogP contribution < -0.4 is 0 Å². The van der Waals surface area contributed by atoms with E-state index >= 15 is 0 Å². The molecule has 4 nitrogen and oxygen atoms in total. The fraction of sp³-hybridized carbons (Fsp3) is 0.467. The van der Waals surface area contributed by atoms with Crippen molar-refractivity contribution in [2.45, 2.75) is 29.7 Å². The van der Waals surface area contributed by atoms with Crippen LogP contribution in [0.5, 0.6) is 0 Å². The van der Waals surface area contributed by atoms with E-state index in [1.54, 1.807) is 0 Å². The summed E-state index contributed by atoms with van der Waals surface area (Å²) in [4.78, 5) is 0. The Bertz CT molecular complexity index is 581. The molecule has 1 aliphatic carbocycles. The molecule has 3 rings (SSSR count). The fourth-order valence-corrected chi connectivity index (χ4v) is 4.12. The highest BCUT2D eigenvalue weighted by Crippen LogP contribution is 2.39. The van der Waals surface area contributed by atoms with Crippen LogP contribution in [-0.4, -0.2) is 30.6 Å². The molecule has 1 fully saturated rings. The lowest BCUT2D eigenvalue weighted by Gasteiger charge is -2.13. The molecule has 1 saturated carbocycles. The second-order valence-corrected chi connectivity index (χ2v) is 7.15. The first-order valence-electron chi connectivity index (χ1n) is 6.91. The monoisotopic (exact) mass is 383 g/mol. The lowest BCUT2D eigenvalue weighted by atomic mass is 10.1. The average Bonchev–Trinajstić information content (AvgIpc) is 3.06. The molecule has 2 aromatic rings. The van der Waals surface area contributed by atoms with Crippen molar-refractivity contribution in [2.24, 2.45) is 5.92 Å². The second kappa shape index (κ2) is 5.81. The largest absolute Gasteiger partial charge is 0.396 e. The van der Waals surface area contributed by atoms with Crippen molar-refractivity contribution in [3.63, 3.8) is 0 Å². The van der Waals surface area contributed by atoms with E-state index in [1.807, 2.05) is 10.9 Å². The summed E-state index contributed by atoms with van der Waals surface area (Å²) in [5.74, 6) is 0.397. The van der Waals surface area contributed by atoms with Crippen molar-refractivity contribution in [3.8, 4) is 11.3 Å². The number of rotatable bonds is 3. The average molecular weight is 383 g/mol. The number of aliphatic hydroxyl groups excluding tert-OH is 1. The molecule has 3 atom stereocenters. The smallest absolute Gasteiger partial charge is 0.113 e. The molecule has 1 aromatic heterocycles. The first-order chi connectivity index (χ1) is 9.67. The quantitative estimate of drug-likeness (QED) is 0.655. The van der Waals surface area contributed by atoms with Crippen LogP contribution in [0.25, 0.3) is 11.3 Å². The van der Waals surface area contributed by atoms with Gasteiger partial charge in [0.1, 0.15) is 5.69 Å². The highest BCUT2D eigenvalue weighted by atomic mass is 127. The Kier molecular flexibility index (Phi) is 4.07. The Morgan fingerprint density at radius 1 is 1.30 bits per heavy atom. The number of aliphatic hydroxyl groups is 1. The van der Waals surface area contributed by atoms with Gasteiger partial charge in [0, 0.05) is 16.1 Å². The van der Waals surface area contributed by atoms with Gasteiger partial charge in [-0.15, -0.1) is 5.10 Å². The minimum Gasteiger partial charge on any atom is -0.396 e. The summed E-state index contributed by atoms with van der Waals surface area (Å²) in [6.45, 7) is 2.35. The van der Waals surface area contributed by atoms with Crippen LogP contribution in [-0.2, 0) is 0 Å². The first-order valence-corrected chi connectivity index (χ1v) is 8.15. The lowest BCUT2D eigenvalue weighted by Crippen LogP contribution is -2.14. The summed E-state index contributed by atoms with van der Waals surface area (Å²) in [6, 6.07) is 8.69. The Balaban J connectivity index is 1.82. The molecule has 106 valence electrons. The van der Waals surface area contributed by atoms with Gasteiger partial charge < -0.3 is 5.11 Å². The predicted molar refractivity (Wildman–Crippen MR) is 86.8 cm³/mol. The number of nitrogens with zero attached hydrogens (tertiary/aromatic N) is 3. The second-order valence-electron chi connectivity index (χ2n) is 5.55. The van der Waals surface area contributed by atoms with Crippen molar-refractivity contribution < 1.29 is 5.11 Å². The van der Waals surface area contributed by atoms with E-state index in [9.17, 15) is 5.11 Å². The minimum absolute atomic E-state index is 0.273. The molecule has 0 saturated heterocycles. The van der Waals surface area contributed by atoms with Crippen LogP contribution in [0, 0.1) is 12.8 Å². The Hall–Kier alpha value is -0.950. The Labute approximate surface area is 132 Å². The van der Waals surface area contributed by atoms with Crippen LogP contribution >= 0.6 is 22.6 Å². The predicted octanol–water partition coefficient (Wildman–Crippen LogP) is 3.00. The van der Waals surface area contributed by atoms with Crippen molar-refractivity contribution in [3.05, 3.63) is 36.0 Å². The van der Waals surface area contributed by atoms with Gasteiger partial charge in [0.05, 0.1) is 12.2 Å². The topological polar surface area (TPSA) is 50.9 Å². The lowest BCUT2D eigenvalue weighted by molar-refractivity contribution is 0.225. The van der Waals surface area contributed by atoms with Crippen molar-refractivity contribution >= 4 is 22.6 Å². The van der Waals surface area contributed by atoms with Crippen LogP contribution in [0.4, 0.5) is 0 Å². The van der Waals surface area contributed by atoms with Gasteiger partial charge in [-0.1, -0.05) is 57.6 Å². The normalized spacial score (nSPS) is 26.1. The number of benzene rings is 1. The summed E-state index contributed by atoms with van der Waals surface area (Å²) in [6.07, 6.45) is 4.07. The van der Waals surface area contributed by atoms with Gasteiger partial charge in [0.15, 0.2) is 0 Å². The van der Waals surface area contributed by atoms with Crippen LogP contribution in [0.1, 0.15) is 24.4 Å². The number of aromatic nitrogens is 3. The third-order valence-corrected chi connectivity index (χ3v) is 5.35. The maximum atomic E-state index is 9.31. The van der Waals surface area contributed by atoms with E-state index in [0.717, 1.165) is 24.1 Å². The van der Waals surface area contributed by atoms with E-state index in [1.165, 1.54) is 5.56 Å². The molecule has 20 heavy (non-hydrogen) atoms. The first kappa shape index (κ1) is 14.0. The summed E-state index contributed by atoms with van der Waals surface area (Å²) in [7, 11) is 0. The number of alkyl halides is 1. The van der Waals surface area contributed by atoms with Crippen molar-refractivity contribution in [2.75, 3.05) is 6.61 Å². The fourth-order valence-electron chi connectivity index (χ4n) is 2.78. The summed E-state index contributed by atoms with van der Waals surface area (Å²) in [5, 5.41) is 17.9. The molecule has 1 heterocycles. The molecule has 1 N–H and O–H groups in total. The summed E-state index contributed by atoms with van der Waals surface area (Å²) < 4.78 is 2.49. The maximum Gasteiger partial charge on any atom is 0.113 e. The zero-order valence-corrected chi connectivity index (χ0v) is 13.6. The Morgan fingerprint density at radius 3 is 2.70 bits per heavy atom. The minimum atomic E-state index is 0.273. The molecule has 0 spiro atoms. The zero-order chi connectivity index (χ0) is 14.1. The molecular weight excluding hydrogens is 365 g/mol. The summed E-state index contributed by atoms with van der Waals surface area (Å²) in [5.41, 5.74) is 3.26. The van der Waals surface area contributed by atoms with Gasteiger partial charge in [0.25, 0.3) is 0 Å². The van der Waals surface area contributed by atoms with Gasteiger partial charge in [-0.25, -0.2) is 4.68 Å². The highest BCUT2D eigenvalue weighted by molar-refractivity contribution is 14.1. The number of halogens is 1. The highest BCUT2D eigenvalue weighted by Gasteiger charge is 2.34. The van der Waals surface area contributed by atoms with Crippen LogP contribution in [0.3, 0.4) is 0 Å². The molecule has 5 heteroatoms. The zero-order valence-electron chi connectivity index (χ0n) is 11.4. The van der Waals surface area contributed by atoms with Crippen molar-refractivity contribution in [1.82, 2.24) is 15.0 Å². The van der Waals surface area contributed by atoms with Gasteiger partial charge in [0.2, 0.25) is 0 Å². The number of aryl methyl sites for hydroxylation is 1. The molecule has 1 aromatic carbocycles. The van der Waals surface area contributed by atoms with Crippen LogP contribution in [0.2, 0.25) is 0 Å². The Morgan fingerprint density at radius 2 is 2.05 bits per heavy atom. The number of hydrogen-bond acceptors (Lipinski definition) is 3. The van der Waals surface area contributed by atoms with Crippen molar-refractivity contribution in [1.29, 1.82) is 0 Å². The van der Waals surface area contributed by atoms with E-state index < -0.39 is 0 Å². The maximum absolute atomic E-state index is 9.31. The van der Waals surface area contributed by atoms with E-state index in [0.29, 0.717) is 15.9 Å². The molecule has 0 unspecified atom stereocenters. The van der Waals surface area contributed by atoms with E-state index in [4.69, 9.17) is 0 Å². The van der Waals surface area contributed by atoms with Gasteiger partial charge in [-0.3, -0.25) is 0 Å². The molecule has 1 aliphatic rings. The van der Waals surface area contributed by atoms with Gasteiger partial charge in [-0.2, -0.15) is 0 Å².